The summed E-state index contributed by atoms with van der Waals surface area (Å²) < 4.78 is 16.9. The summed E-state index contributed by atoms with van der Waals surface area (Å²) in [5, 5.41) is 0. The fourth-order valence-corrected chi connectivity index (χ4v) is 9.79. The van der Waals surface area contributed by atoms with Crippen molar-refractivity contribution < 1.29 is 28.6 Å². The van der Waals surface area contributed by atoms with E-state index in [0.29, 0.717) is 19.3 Å². The molecular formula is C70H126O6. The Labute approximate surface area is 472 Å². The van der Waals surface area contributed by atoms with Gasteiger partial charge in [-0.3, -0.25) is 14.4 Å². The Morgan fingerprint density at radius 1 is 0.276 bits per heavy atom. The van der Waals surface area contributed by atoms with Crippen LogP contribution in [0.25, 0.3) is 0 Å². The first kappa shape index (κ1) is 73.1. The van der Waals surface area contributed by atoms with E-state index in [2.05, 4.69) is 81.5 Å². The summed E-state index contributed by atoms with van der Waals surface area (Å²) in [6.45, 7) is 6.55. The second-order valence-corrected chi connectivity index (χ2v) is 22.4. The number of carbonyl (C=O) groups is 3. The number of unbranched alkanes of at least 4 members (excludes halogenated alkanes) is 40. The number of ether oxygens (including phenoxy) is 3. The summed E-state index contributed by atoms with van der Waals surface area (Å²) in [5.74, 6) is -0.868. The van der Waals surface area contributed by atoms with Gasteiger partial charge in [0, 0.05) is 19.3 Å². The lowest BCUT2D eigenvalue weighted by atomic mass is 10.0. The number of esters is 3. The Balaban J connectivity index is 4.26. The maximum atomic E-state index is 12.9. The molecule has 6 nitrogen and oxygen atoms in total. The van der Waals surface area contributed by atoms with Gasteiger partial charge in [-0.2, -0.15) is 0 Å². The van der Waals surface area contributed by atoms with Crippen LogP contribution in [0.4, 0.5) is 0 Å². The first-order valence-electron chi connectivity index (χ1n) is 33.3. The summed E-state index contributed by atoms with van der Waals surface area (Å²) in [7, 11) is 0. The van der Waals surface area contributed by atoms with Crippen molar-refractivity contribution in [2.75, 3.05) is 13.2 Å². The minimum absolute atomic E-state index is 0.0756. The lowest BCUT2D eigenvalue weighted by Gasteiger charge is -2.18. The highest BCUT2D eigenvalue weighted by atomic mass is 16.6. The first-order chi connectivity index (χ1) is 37.5. The average Bonchev–Trinajstić information content (AvgIpc) is 3.42. The zero-order valence-corrected chi connectivity index (χ0v) is 50.8. The van der Waals surface area contributed by atoms with E-state index in [9.17, 15) is 14.4 Å². The van der Waals surface area contributed by atoms with Gasteiger partial charge in [0.15, 0.2) is 6.10 Å². The minimum atomic E-state index is -0.778. The topological polar surface area (TPSA) is 78.9 Å². The molecule has 0 amide bonds. The zero-order chi connectivity index (χ0) is 55.0. The molecule has 1 atom stereocenters. The molecule has 0 spiro atoms. The fourth-order valence-electron chi connectivity index (χ4n) is 9.79. The van der Waals surface area contributed by atoms with Crippen LogP contribution in [0, 0.1) is 0 Å². The van der Waals surface area contributed by atoms with E-state index >= 15 is 0 Å². The van der Waals surface area contributed by atoms with Gasteiger partial charge in [-0.05, 0) is 83.5 Å². The lowest BCUT2D eigenvalue weighted by Crippen LogP contribution is -2.30. The zero-order valence-electron chi connectivity index (χ0n) is 50.8. The van der Waals surface area contributed by atoms with Gasteiger partial charge in [0.2, 0.25) is 0 Å². The van der Waals surface area contributed by atoms with Crippen LogP contribution in [0.15, 0.2) is 60.8 Å². The van der Waals surface area contributed by atoms with E-state index in [0.717, 1.165) is 89.9 Å². The summed E-state index contributed by atoms with van der Waals surface area (Å²) in [6, 6.07) is 0. The number of rotatable bonds is 61. The normalized spacial score (nSPS) is 12.4. The summed E-state index contributed by atoms with van der Waals surface area (Å²) in [4.78, 5) is 38.3. The Hall–Kier alpha value is -2.89. The van der Waals surface area contributed by atoms with Crippen LogP contribution in [-0.2, 0) is 28.6 Å². The smallest absolute Gasteiger partial charge is 0.306 e. The van der Waals surface area contributed by atoms with Gasteiger partial charge in [-0.15, -0.1) is 0 Å². The van der Waals surface area contributed by atoms with Gasteiger partial charge in [-0.25, -0.2) is 0 Å². The molecule has 0 aromatic carbocycles. The van der Waals surface area contributed by atoms with Crippen molar-refractivity contribution in [2.45, 2.75) is 354 Å². The number of hydrogen-bond acceptors (Lipinski definition) is 6. The SMILES string of the molecule is CC/C=C\C/C=C\C/C=C\C/C=C\CCCCCCCCCCCCC(=O)OCC(COC(=O)CCCCCCC/C=C\CCCCC)OC(=O)CCCCCCCCCCCCCCCCCCCCCCCCC. The van der Waals surface area contributed by atoms with Gasteiger partial charge in [0.1, 0.15) is 13.2 Å². The molecule has 0 heterocycles. The highest BCUT2D eigenvalue weighted by Crippen LogP contribution is 2.18. The van der Waals surface area contributed by atoms with Gasteiger partial charge in [-0.1, -0.05) is 306 Å². The van der Waals surface area contributed by atoms with E-state index in [1.807, 2.05) is 0 Å². The molecule has 0 aromatic rings. The maximum Gasteiger partial charge on any atom is 0.306 e. The molecule has 0 aromatic heterocycles. The Bertz CT molecular complexity index is 1360. The molecule has 6 heteroatoms. The van der Waals surface area contributed by atoms with Crippen LogP contribution >= 0.6 is 0 Å². The lowest BCUT2D eigenvalue weighted by molar-refractivity contribution is -0.167. The van der Waals surface area contributed by atoms with Crippen molar-refractivity contribution in [1.29, 1.82) is 0 Å². The van der Waals surface area contributed by atoms with Crippen molar-refractivity contribution >= 4 is 17.9 Å². The maximum absolute atomic E-state index is 12.9. The molecule has 0 aliphatic heterocycles. The van der Waals surface area contributed by atoms with E-state index in [1.54, 1.807) is 0 Å². The third kappa shape index (κ3) is 62.0. The molecular weight excluding hydrogens is 937 g/mol. The van der Waals surface area contributed by atoms with Crippen LogP contribution in [0.5, 0.6) is 0 Å². The molecule has 0 saturated carbocycles. The Kier molecular flexibility index (Phi) is 62.2. The van der Waals surface area contributed by atoms with Crippen molar-refractivity contribution in [3.05, 3.63) is 60.8 Å². The van der Waals surface area contributed by atoms with Crippen LogP contribution in [0.1, 0.15) is 348 Å². The number of hydrogen-bond donors (Lipinski definition) is 0. The van der Waals surface area contributed by atoms with Gasteiger partial charge in [0.05, 0.1) is 0 Å². The van der Waals surface area contributed by atoms with E-state index in [-0.39, 0.29) is 31.1 Å². The van der Waals surface area contributed by atoms with Crippen LogP contribution in [-0.4, -0.2) is 37.2 Å². The molecule has 0 rings (SSSR count). The van der Waals surface area contributed by atoms with Crippen molar-refractivity contribution in [2.24, 2.45) is 0 Å². The number of carbonyl (C=O) groups excluding carboxylic acids is 3. The van der Waals surface area contributed by atoms with Crippen molar-refractivity contribution in [1.82, 2.24) is 0 Å². The molecule has 0 aliphatic rings. The Morgan fingerprint density at radius 3 is 0.842 bits per heavy atom. The molecule has 0 fully saturated rings. The molecule has 76 heavy (non-hydrogen) atoms. The first-order valence-corrected chi connectivity index (χ1v) is 33.3. The van der Waals surface area contributed by atoms with Crippen LogP contribution in [0.3, 0.4) is 0 Å². The molecule has 442 valence electrons. The second kappa shape index (κ2) is 64.6. The predicted octanol–water partition coefficient (Wildman–Crippen LogP) is 22.7. The van der Waals surface area contributed by atoms with Crippen molar-refractivity contribution in [3.8, 4) is 0 Å². The quantitative estimate of drug-likeness (QED) is 0.0261. The van der Waals surface area contributed by atoms with Crippen LogP contribution in [0.2, 0.25) is 0 Å². The van der Waals surface area contributed by atoms with Crippen LogP contribution < -0.4 is 0 Å². The van der Waals surface area contributed by atoms with Gasteiger partial charge < -0.3 is 14.2 Å². The largest absolute Gasteiger partial charge is 0.462 e. The number of allylic oxidation sites excluding steroid dienone is 10. The standard InChI is InChI=1S/C70H126O6/c1-4-7-10-13-16-19-22-25-27-29-31-33-35-37-39-41-43-45-48-51-54-57-60-63-69(72)75-66-67(65-74-68(71)62-59-56-53-50-47-24-21-18-15-12-9-6-3)76-70(73)64-61-58-55-52-49-46-44-42-40-38-36-34-32-30-28-26-23-20-17-14-11-8-5-2/h7,10,16,18-19,21,25,27,31,33,67H,4-6,8-9,11-15,17,20,22-24,26,28-30,32,34-66H2,1-3H3/b10-7-,19-16-,21-18-,27-25-,33-31-. The van der Waals surface area contributed by atoms with E-state index in [4.69, 9.17) is 14.2 Å². The minimum Gasteiger partial charge on any atom is -0.462 e. The third-order valence-electron chi connectivity index (χ3n) is 14.8. The molecule has 0 N–H and O–H groups in total. The van der Waals surface area contributed by atoms with Gasteiger partial charge in [0.25, 0.3) is 0 Å². The third-order valence-corrected chi connectivity index (χ3v) is 14.8. The molecule has 0 saturated heterocycles. The monoisotopic (exact) mass is 1060 g/mol. The molecule has 0 bridgehead atoms. The highest BCUT2D eigenvalue weighted by Gasteiger charge is 2.19. The van der Waals surface area contributed by atoms with E-state index in [1.165, 1.54) is 218 Å². The molecule has 1 unspecified atom stereocenters. The van der Waals surface area contributed by atoms with Crippen molar-refractivity contribution in [3.63, 3.8) is 0 Å². The molecule has 0 aliphatic carbocycles. The summed E-state index contributed by atoms with van der Waals surface area (Å²) in [5.41, 5.74) is 0. The summed E-state index contributed by atoms with van der Waals surface area (Å²) >= 11 is 0. The fraction of sp³-hybridized carbons (Fsp3) is 0.814. The highest BCUT2D eigenvalue weighted by molar-refractivity contribution is 5.71. The van der Waals surface area contributed by atoms with E-state index < -0.39 is 6.10 Å². The predicted molar refractivity (Wildman–Crippen MR) is 330 cm³/mol. The average molecular weight is 1060 g/mol. The second-order valence-electron chi connectivity index (χ2n) is 22.4. The Morgan fingerprint density at radius 2 is 0.513 bits per heavy atom. The summed E-state index contributed by atoms with van der Waals surface area (Å²) in [6.07, 6.45) is 82.4. The molecule has 0 radical (unpaired) electrons. The van der Waals surface area contributed by atoms with Gasteiger partial charge >= 0.3 is 17.9 Å².